The number of rotatable bonds is 8. The molecule has 0 spiro atoms. The number of hydrogen-bond acceptors (Lipinski definition) is 8. The zero-order valence-electron chi connectivity index (χ0n) is 20.4. The van der Waals surface area contributed by atoms with E-state index >= 15 is 0 Å². The van der Waals surface area contributed by atoms with E-state index in [9.17, 15) is 19.2 Å². The van der Waals surface area contributed by atoms with Gasteiger partial charge in [0.15, 0.2) is 6.23 Å². The number of amides is 2. The number of halogens is 4. The summed E-state index contributed by atoms with van der Waals surface area (Å²) in [5.74, 6) is -2.36. The number of carbonyl (C=O) groups is 4. The normalized spacial score (nSPS) is 20.3. The maximum absolute atomic E-state index is 13.3. The molecule has 0 aromatic carbocycles. The van der Waals surface area contributed by atoms with Crippen molar-refractivity contribution in [1.29, 1.82) is 0 Å². The second-order valence-electron chi connectivity index (χ2n) is 10.2. The Balaban J connectivity index is 3.08. The molecule has 1 fully saturated rings. The summed E-state index contributed by atoms with van der Waals surface area (Å²) in [4.78, 5) is 50.3. The van der Waals surface area contributed by atoms with Crippen molar-refractivity contribution in [3.05, 3.63) is 0 Å². The molecule has 0 radical (unpaired) electrons. The predicted molar refractivity (Wildman–Crippen MR) is 139 cm³/mol. The van der Waals surface area contributed by atoms with E-state index in [1.165, 1.54) is 0 Å². The Kier molecular flexibility index (Phi) is 12.0. The number of nitrogens with one attached hydrogen (secondary N) is 2. The molecular formula is C21H32Cl3IN2O8. The number of alkyl carbamates (subject to hydrolysis) is 1. The molecule has 0 aromatic heterocycles. The lowest BCUT2D eigenvalue weighted by atomic mass is 9.91. The summed E-state index contributed by atoms with van der Waals surface area (Å²) < 4.78 is 19.2. The van der Waals surface area contributed by atoms with Crippen molar-refractivity contribution in [2.45, 2.75) is 82.2 Å². The van der Waals surface area contributed by atoms with Gasteiger partial charge in [0.1, 0.15) is 24.4 Å². The molecule has 0 aliphatic carbocycles. The number of ether oxygens (including phenoxy) is 4. The summed E-state index contributed by atoms with van der Waals surface area (Å²) in [5.41, 5.74) is -1.24. The van der Waals surface area contributed by atoms with Crippen molar-refractivity contribution in [3.63, 3.8) is 0 Å². The summed E-state index contributed by atoms with van der Waals surface area (Å²) in [5, 5.41) is 5.02. The molecule has 0 aromatic rings. The molecule has 4 atom stereocenters. The molecule has 1 heterocycles. The summed E-state index contributed by atoms with van der Waals surface area (Å²) in [6.07, 6.45) is -3.25. The quantitative estimate of drug-likeness (QED) is 0.125. The standard InChI is InChI=1S/C21H32Cl3IN2O8/c1-19(2,3)8-13(34-18(31)32-10-21(22,23)24)26-15(28)14(27-17(30)35-20(4,5)6)12-7-11(9-25)33-16(12)29/h11-14H,7-10H2,1-6H3,(H,26,28)(H,27,30)/t11-,12+,13-,14-/m1/s1. The minimum Gasteiger partial charge on any atom is -0.461 e. The Morgan fingerprint density at radius 2 is 1.71 bits per heavy atom. The van der Waals surface area contributed by atoms with Crippen LogP contribution in [-0.2, 0) is 28.5 Å². The third-order valence-electron chi connectivity index (χ3n) is 4.32. The summed E-state index contributed by atoms with van der Waals surface area (Å²) >= 11 is 18.8. The van der Waals surface area contributed by atoms with Crippen LogP contribution in [0.15, 0.2) is 0 Å². The number of cyclic esters (lactones) is 1. The van der Waals surface area contributed by atoms with E-state index in [-0.39, 0.29) is 12.8 Å². The zero-order valence-corrected chi connectivity index (χ0v) is 24.8. The fourth-order valence-corrected chi connectivity index (χ4v) is 3.75. The highest BCUT2D eigenvalue weighted by Gasteiger charge is 2.44. The van der Waals surface area contributed by atoms with E-state index in [1.807, 2.05) is 20.8 Å². The molecule has 202 valence electrons. The molecule has 2 N–H and O–H groups in total. The Hall–Kier alpha value is -0.920. The largest absolute Gasteiger partial charge is 0.510 e. The van der Waals surface area contributed by atoms with Gasteiger partial charge in [-0.25, -0.2) is 9.59 Å². The predicted octanol–water partition coefficient (Wildman–Crippen LogP) is 4.65. The minimum atomic E-state index is -1.84. The van der Waals surface area contributed by atoms with Crippen LogP contribution < -0.4 is 10.6 Å². The van der Waals surface area contributed by atoms with E-state index in [0.29, 0.717) is 4.43 Å². The third kappa shape index (κ3) is 13.3. The first-order chi connectivity index (χ1) is 15.8. The lowest BCUT2D eigenvalue weighted by molar-refractivity contribution is -0.146. The average molecular weight is 674 g/mol. The first-order valence-corrected chi connectivity index (χ1v) is 13.4. The molecule has 1 aliphatic rings. The van der Waals surface area contributed by atoms with Gasteiger partial charge in [0.2, 0.25) is 9.70 Å². The highest BCUT2D eigenvalue weighted by atomic mass is 127. The van der Waals surface area contributed by atoms with Gasteiger partial charge in [0.25, 0.3) is 0 Å². The van der Waals surface area contributed by atoms with E-state index in [2.05, 4.69) is 33.2 Å². The highest BCUT2D eigenvalue weighted by molar-refractivity contribution is 14.1. The van der Waals surface area contributed by atoms with Crippen LogP contribution in [-0.4, -0.2) is 62.9 Å². The summed E-state index contributed by atoms with van der Waals surface area (Å²) in [6.45, 7) is 9.99. The van der Waals surface area contributed by atoms with Crippen LogP contribution in [0.1, 0.15) is 54.4 Å². The van der Waals surface area contributed by atoms with E-state index in [1.54, 1.807) is 20.8 Å². The fraction of sp³-hybridized carbons (Fsp3) is 0.810. The van der Waals surface area contributed by atoms with Crippen LogP contribution in [0.2, 0.25) is 0 Å². The van der Waals surface area contributed by atoms with Gasteiger partial charge in [-0.05, 0) is 26.2 Å². The second kappa shape index (κ2) is 13.0. The highest BCUT2D eigenvalue weighted by Crippen LogP contribution is 2.28. The van der Waals surface area contributed by atoms with Crippen molar-refractivity contribution < 1.29 is 38.1 Å². The Labute approximate surface area is 233 Å². The molecule has 35 heavy (non-hydrogen) atoms. The molecule has 0 saturated carbocycles. The van der Waals surface area contributed by atoms with E-state index in [0.717, 1.165) is 0 Å². The van der Waals surface area contributed by atoms with Gasteiger partial charge in [0.05, 0.1) is 5.92 Å². The van der Waals surface area contributed by atoms with Crippen molar-refractivity contribution in [1.82, 2.24) is 10.6 Å². The van der Waals surface area contributed by atoms with Crippen molar-refractivity contribution in [2.24, 2.45) is 11.3 Å². The maximum Gasteiger partial charge on any atom is 0.510 e. The van der Waals surface area contributed by atoms with Gasteiger partial charge in [-0.1, -0.05) is 78.2 Å². The average Bonchev–Trinajstić information content (AvgIpc) is 3.01. The molecule has 1 aliphatic heterocycles. The molecule has 1 saturated heterocycles. The number of alkyl halides is 4. The monoisotopic (exact) mass is 672 g/mol. The SMILES string of the molecule is CC(C)(C)C[C@H](NC(=O)[C@H](NC(=O)OC(C)(C)C)[C@@H]1C[C@H](CI)OC1=O)OC(=O)OCC(Cl)(Cl)Cl. The smallest absolute Gasteiger partial charge is 0.461 e. The molecule has 14 heteroatoms. The van der Waals surface area contributed by atoms with Crippen LogP contribution in [0.5, 0.6) is 0 Å². The van der Waals surface area contributed by atoms with Gasteiger partial charge in [-0.15, -0.1) is 0 Å². The Morgan fingerprint density at radius 1 is 1.11 bits per heavy atom. The summed E-state index contributed by atoms with van der Waals surface area (Å²) in [7, 11) is 0. The fourth-order valence-electron chi connectivity index (χ4n) is 3.05. The van der Waals surface area contributed by atoms with Crippen LogP contribution in [0.4, 0.5) is 9.59 Å². The second-order valence-corrected chi connectivity index (χ2v) is 13.6. The third-order valence-corrected chi connectivity index (χ3v) is 5.63. The van der Waals surface area contributed by atoms with Crippen molar-refractivity contribution in [3.8, 4) is 0 Å². The molecule has 2 amide bonds. The van der Waals surface area contributed by atoms with Crippen LogP contribution in [0, 0.1) is 11.3 Å². The summed E-state index contributed by atoms with van der Waals surface area (Å²) in [6, 6.07) is -1.34. The molecule has 0 unspecified atom stereocenters. The maximum atomic E-state index is 13.3. The number of hydrogen-bond donors (Lipinski definition) is 2. The zero-order chi connectivity index (χ0) is 27.2. The lowest BCUT2D eigenvalue weighted by Crippen LogP contribution is -2.55. The Bertz CT molecular complexity index is 780. The molecule has 10 nitrogen and oxygen atoms in total. The van der Waals surface area contributed by atoms with Crippen molar-refractivity contribution in [2.75, 3.05) is 11.0 Å². The molecule has 0 bridgehead atoms. The minimum absolute atomic E-state index is 0.173. The van der Waals surface area contributed by atoms with Gasteiger partial charge in [0, 0.05) is 17.3 Å². The van der Waals surface area contributed by atoms with Gasteiger partial charge < -0.3 is 29.6 Å². The van der Waals surface area contributed by atoms with Crippen LogP contribution >= 0.6 is 57.4 Å². The molecule has 1 rings (SSSR count). The topological polar surface area (TPSA) is 129 Å². The van der Waals surface area contributed by atoms with E-state index in [4.69, 9.17) is 53.8 Å². The lowest BCUT2D eigenvalue weighted by Gasteiger charge is -2.29. The van der Waals surface area contributed by atoms with Gasteiger partial charge in [-0.3, -0.25) is 9.59 Å². The van der Waals surface area contributed by atoms with Crippen LogP contribution in [0.25, 0.3) is 0 Å². The number of esters is 1. The van der Waals surface area contributed by atoms with Crippen LogP contribution in [0.3, 0.4) is 0 Å². The van der Waals surface area contributed by atoms with Gasteiger partial charge in [-0.2, -0.15) is 0 Å². The van der Waals surface area contributed by atoms with Gasteiger partial charge >= 0.3 is 18.2 Å². The first-order valence-electron chi connectivity index (χ1n) is 10.8. The first kappa shape index (κ1) is 32.1. The Morgan fingerprint density at radius 3 is 2.17 bits per heavy atom. The van der Waals surface area contributed by atoms with Crippen molar-refractivity contribution >= 4 is 81.5 Å². The molecular weight excluding hydrogens is 642 g/mol. The number of carbonyl (C=O) groups excluding carboxylic acids is 4. The van der Waals surface area contributed by atoms with E-state index < -0.39 is 69.8 Å².